The van der Waals surface area contributed by atoms with Crippen LogP contribution in [0.25, 0.3) is 16.9 Å². The van der Waals surface area contributed by atoms with Crippen molar-refractivity contribution in [2.45, 2.75) is 33.2 Å². The highest BCUT2D eigenvalue weighted by Crippen LogP contribution is 2.30. The standard InChI is InChI=1S/C16H21N5/c1-11-6-7-21-13(8-11)18-14(12-9-17-20(5)10-12)15(21)19-16(2,3)4/h6-10,19H,1-5H3. The lowest BCUT2D eigenvalue weighted by molar-refractivity contribution is 0.629. The summed E-state index contributed by atoms with van der Waals surface area (Å²) >= 11 is 0. The Hall–Kier alpha value is -2.30. The van der Waals surface area contributed by atoms with Crippen molar-refractivity contribution in [3.8, 4) is 11.3 Å². The van der Waals surface area contributed by atoms with E-state index in [0.717, 1.165) is 22.7 Å². The highest BCUT2D eigenvalue weighted by atomic mass is 15.2. The molecule has 3 aromatic rings. The summed E-state index contributed by atoms with van der Waals surface area (Å²) in [5.74, 6) is 1.01. The van der Waals surface area contributed by atoms with Crippen LogP contribution in [0.15, 0.2) is 30.7 Å². The van der Waals surface area contributed by atoms with Crippen LogP contribution in [0.3, 0.4) is 0 Å². The topological polar surface area (TPSA) is 47.1 Å². The molecule has 0 aliphatic rings. The zero-order valence-corrected chi connectivity index (χ0v) is 13.2. The Balaban J connectivity index is 2.24. The number of pyridine rings is 1. The van der Waals surface area contributed by atoms with Crippen molar-refractivity contribution in [1.82, 2.24) is 19.2 Å². The number of fused-ring (bicyclic) bond motifs is 1. The molecule has 1 N–H and O–H groups in total. The van der Waals surface area contributed by atoms with E-state index in [9.17, 15) is 0 Å². The zero-order valence-electron chi connectivity index (χ0n) is 13.2. The third-order valence-electron chi connectivity index (χ3n) is 3.25. The van der Waals surface area contributed by atoms with Gasteiger partial charge in [-0.2, -0.15) is 5.10 Å². The van der Waals surface area contributed by atoms with Crippen molar-refractivity contribution in [1.29, 1.82) is 0 Å². The fraction of sp³-hybridized carbons (Fsp3) is 0.375. The number of hydrogen-bond acceptors (Lipinski definition) is 3. The predicted octanol–water partition coefficient (Wildman–Crippen LogP) is 3.25. The van der Waals surface area contributed by atoms with Gasteiger partial charge in [-0.1, -0.05) is 0 Å². The molecular weight excluding hydrogens is 262 g/mol. The van der Waals surface area contributed by atoms with Crippen LogP contribution in [0.2, 0.25) is 0 Å². The van der Waals surface area contributed by atoms with Gasteiger partial charge in [0.1, 0.15) is 17.2 Å². The zero-order chi connectivity index (χ0) is 15.2. The summed E-state index contributed by atoms with van der Waals surface area (Å²) in [6.07, 6.45) is 5.90. The Morgan fingerprint density at radius 3 is 2.62 bits per heavy atom. The summed E-state index contributed by atoms with van der Waals surface area (Å²) in [7, 11) is 1.92. The molecule has 0 aromatic carbocycles. The lowest BCUT2D eigenvalue weighted by Crippen LogP contribution is -2.27. The average molecular weight is 283 g/mol. The quantitative estimate of drug-likeness (QED) is 0.785. The molecule has 0 saturated carbocycles. The van der Waals surface area contributed by atoms with E-state index in [1.54, 1.807) is 4.68 Å². The van der Waals surface area contributed by atoms with E-state index < -0.39 is 0 Å². The minimum atomic E-state index is -0.0438. The van der Waals surface area contributed by atoms with Crippen molar-refractivity contribution in [2.75, 3.05) is 5.32 Å². The van der Waals surface area contributed by atoms with Gasteiger partial charge in [0.15, 0.2) is 0 Å². The first kappa shape index (κ1) is 13.7. The molecule has 5 heteroatoms. The monoisotopic (exact) mass is 283 g/mol. The molecule has 0 aliphatic carbocycles. The minimum absolute atomic E-state index is 0.0438. The fourth-order valence-electron chi connectivity index (χ4n) is 2.37. The number of aryl methyl sites for hydroxylation is 2. The molecule has 0 unspecified atom stereocenters. The first-order chi connectivity index (χ1) is 9.83. The number of imidazole rings is 1. The van der Waals surface area contributed by atoms with Crippen molar-refractivity contribution >= 4 is 11.5 Å². The second kappa shape index (κ2) is 4.62. The second-order valence-corrected chi connectivity index (χ2v) is 6.52. The van der Waals surface area contributed by atoms with E-state index in [-0.39, 0.29) is 5.54 Å². The highest BCUT2D eigenvalue weighted by Gasteiger charge is 2.19. The van der Waals surface area contributed by atoms with Crippen LogP contribution >= 0.6 is 0 Å². The summed E-state index contributed by atoms with van der Waals surface area (Å²) in [4.78, 5) is 4.79. The van der Waals surface area contributed by atoms with Crippen LogP contribution in [0.5, 0.6) is 0 Å². The Bertz CT molecular complexity index is 789. The predicted molar refractivity (Wildman–Crippen MR) is 85.5 cm³/mol. The summed E-state index contributed by atoms with van der Waals surface area (Å²) in [5, 5.41) is 7.82. The van der Waals surface area contributed by atoms with Gasteiger partial charge in [0, 0.05) is 30.5 Å². The second-order valence-electron chi connectivity index (χ2n) is 6.52. The molecule has 21 heavy (non-hydrogen) atoms. The van der Waals surface area contributed by atoms with Crippen LogP contribution in [0, 0.1) is 6.92 Å². The van der Waals surface area contributed by atoms with Gasteiger partial charge in [0.2, 0.25) is 0 Å². The van der Waals surface area contributed by atoms with Gasteiger partial charge in [-0.15, -0.1) is 0 Å². The van der Waals surface area contributed by atoms with Crippen LogP contribution < -0.4 is 5.32 Å². The Morgan fingerprint density at radius 2 is 2.00 bits per heavy atom. The third-order valence-corrected chi connectivity index (χ3v) is 3.25. The summed E-state index contributed by atoms with van der Waals surface area (Å²) in [6.45, 7) is 8.52. The van der Waals surface area contributed by atoms with Gasteiger partial charge < -0.3 is 5.32 Å². The molecule has 0 bridgehead atoms. The first-order valence-electron chi connectivity index (χ1n) is 7.09. The van der Waals surface area contributed by atoms with E-state index >= 15 is 0 Å². The maximum Gasteiger partial charge on any atom is 0.139 e. The molecular formula is C16H21N5. The smallest absolute Gasteiger partial charge is 0.139 e. The minimum Gasteiger partial charge on any atom is -0.365 e. The van der Waals surface area contributed by atoms with Gasteiger partial charge in [-0.05, 0) is 45.4 Å². The average Bonchev–Trinajstić information content (AvgIpc) is 2.92. The fourth-order valence-corrected chi connectivity index (χ4v) is 2.37. The molecule has 3 aromatic heterocycles. The Labute approximate surface area is 124 Å². The van der Waals surface area contributed by atoms with Crippen molar-refractivity contribution in [3.05, 3.63) is 36.3 Å². The van der Waals surface area contributed by atoms with Gasteiger partial charge in [-0.25, -0.2) is 4.98 Å². The third kappa shape index (κ3) is 2.63. The SMILES string of the molecule is Cc1ccn2c(NC(C)(C)C)c(-c3cnn(C)c3)nc2c1. The van der Waals surface area contributed by atoms with E-state index in [1.807, 2.05) is 19.4 Å². The van der Waals surface area contributed by atoms with E-state index in [2.05, 4.69) is 60.8 Å². The summed E-state index contributed by atoms with van der Waals surface area (Å²) in [6, 6.07) is 4.18. The van der Waals surface area contributed by atoms with Crippen LogP contribution in [-0.2, 0) is 7.05 Å². The Kier molecular flexibility index (Phi) is 3.01. The number of anilines is 1. The van der Waals surface area contributed by atoms with Gasteiger partial charge in [0.25, 0.3) is 0 Å². The maximum atomic E-state index is 4.79. The molecule has 0 radical (unpaired) electrons. The van der Waals surface area contributed by atoms with Gasteiger partial charge in [0.05, 0.1) is 6.20 Å². The van der Waals surface area contributed by atoms with Crippen LogP contribution in [0.1, 0.15) is 26.3 Å². The highest BCUT2D eigenvalue weighted by molar-refractivity contribution is 5.76. The van der Waals surface area contributed by atoms with E-state index in [4.69, 9.17) is 4.98 Å². The molecule has 0 amide bonds. The molecule has 3 heterocycles. The van der Waals surface area contributed by atoms with Crippen LogP contribution in [0.4, 0.5) is 5.82 Å². The summed E-state index contributed by atoms with van der Waals surface area (Å²) in [5.41, 5.74) is 4.06. The van der Waals surface area contributed by atoms with Crippen LogP contribution in [-0.4, -0.2) is 24.7 Å². The van der Waals surface area contributed by atoms with Crippen molar-refractivity contribution < 1.29 is 0 Å². The molecule has 3 rings (SSSR count). The van der Waals surface area contributed by atoms with E-state index in [1.165, 1.54) is 5.56 Å². The number of hydrogen-bond donors (Lipinski definition) is 1. The molecule has 0 spiro atoms. The number of nitrogens with one attached hydrogen (secondary N) is 1. The van der Waals surface area contributed by atoms with E-state index in [0.29, 0.717) is 0 Å². The van der Waals surface area contributed by atoms with Gasteiger partial charge in [-0.3, -0.25) is 9.08 Å². The largest absolute Gasteiger partial charge is 0.365 e. The van der Waals surface area contributed by atoms with Gasteiger partial charge >= 0.3 is 0 Å². The lowest BCUT2D eigenvalue weighted by Gasteiger charge is -2.22. The Morgan fingerprint density at radius 1 is 1.24 bits per heavy atom. The number of rotatable bonds is 2. The number of aromatic nitrogens is 4. The first-order valence-corrected chi connectivity index (χ1v) is 7.09. The number of nitrogens with zero attached hydrogens (tertiary/aromatic N) is 4. The molecule has 0 aliphatic heterocycles. The van der Waals surface area contributed by atoms with Crippen molar-refractivity contribution in [2.24, 2.45) is 7.05 Å². The maximum absolute atomic E-state index is 4.79. The van der Waals surface area contributed by atoms with Crippen molar-refractivity contribution in [3.63, 3.8) is 0 Å². The normalized spacial score (nSPS) is 12.0. The lowest BCUT2D eigenvalue weighted by atomic mass is 10.1. The molecule has 110 valence electrons. The molecule has 0 saturated heterocycles. The molecule has 5 nitrogen and oxygen atoms in total. The molecule has 0 atom stereocenters. The summed E-state index contributed by atoms with van der Waals surface area (Å²) < 4.78 is 3.89. The molecule has 0 fully saturated rings.